The first-order valence-corrected chi connectivity index (χ1v) is 7.76. The molecule has 0 aliphatic carbocycles. The van der Waals surface area contributed by atoms with E-state index in [1.807, 2.05) is 32.9 Å². The largest absolute Gasteiger partial charge is 0.467 e. The first-order chi connectivity index (χ1) is 10.2. The molecule has 0 aliphatic heterocycles. The summed E-state index contributed by atoms with van der Waals surface area (Å²) in [7, 11) is 1.33. The van der Waals surface area contributed by atoms with Crippen molar-refractivity contribution < 1.29 is 14.3 Å². The third-order valence-corrected chi connectivity index (χ3v) is 4.50. The van der Waals surface area contributed by atoms with Gasteiger partial charge in [-0.1, -0.05) is 37.9 Å². The molecule has 22 heavy (non-hydrogen) atoms. The fraction of sp³-hybridized carbons (Fsp3) is 0.529. The van der Waals surface area contributed by atoms with Crippen LogP contribution in [0.15, 0.2) is 18.2 Å². The van der Waals surface area contributed by atoms with E-state index in [0.717, 1.165) is 17.5 Å². The molecule has 1 N–H and O–H groups in total. The van der Waals surface area contributed by atoms with Gasteiger partial charge in [0.2, 0.25) is 5.91 Å². The van der Waals surface area contributed by atoms with Gasteiger partial charge in [-0.3, -0.25) is 4.79 Å². The van der Waals surface area contributed by atoms with E-state index >= 15 is 0 Å². The molecule has 0 fully saturated rings. The number of rotatable bonds is 6. The van der Waals surface area contributed by atoms with Gasteiger partial charge in [0, 0.05) is 5.02 Å². The zero-order chi connectivity index (χ0) is 16.9. The van der Waals surface area contributed by atoms with E-state index in [-0.39, 0.29) is 18.2 Å². The molecule has 0 spiro atoms. The molecule has 122 valence electrons. The lowest BCUT2D eigenvalue weighted by molar-refractivity contribution is -0.152. The van der Waals surface area contributed by atoms with Crippen LogP contribution in [0, 0.1) is 12.8 Å². The molecule has 2 unspecified atom stereocenters. The molecule has 1 aromatic rings. The van der Waals surface area contributed by atoms with E-state index in [0.29, 0.717) is 5.02 Å². The standard InChI is InChI=1S/C17H24ClNO3/c1-6-12(3)17(4,16(21)22-5)19-15(20)10-13-7-8-14(18)9-11(13)2/h7-9,12H,6,10H2,1-5H3,(H,19,20). The van der Waals surface area contributed by atoms with Crippen molar-refractivity contribution in [3.63, 3.8) is 0 Å². The number of benzene rings is 1. The molecule has 0 heterocycles. The van der Waals surface area contributed by atoms with Crippen LogP contribution < -0.4 is 5.32 Å². The Bertz CT molecular complexity index is 559. The summed E-state index contributed by atoms with van der Waals surface area (Å²) in [5, 5.41) is 3.48. The number of halogens is 1. The number of carbonyl (C=O) groups excluding carboxylic acids is 2. The fourth-order valence-corrected chi connectivity index (χ4v) is 2.59. The molecule has 2 atom stereocenters. The van der Waals surface area contributed by atoms with E-state index in [2.05, 4.69) is 5.32 Å². The third kappa shape index (κ3) is 4.23. The Balaban J connectivity index is 2.90. The van der Waals surface area contributed by atoms with E-state index in [1.54, 1.807) is 13.0 Å². The predicted octanol–water partition coefficient (Wildman–Crippen LogP) is 3.28. The van der Waals surface area contributed by atoms with Gasteiger partial charge in [0.1, 0.15) is 5.54 Å². The minimum absolute atomic E-state index is 0.0322. The maximum absolute atomic E-state index is 12.4. The van der Waals surface area contributed by atoms with Crippen molar-refractivity contribution in [3.05, 3.63) is 34.3 Å². The lowest BCUT2D eigenvalue weighted by atomic mass is 9.84. The quantitative estimate of drug-likeness (QED) is 0.817. The molecule has 1 amide bonds. The molecule has 1 rings (SSSR count). The molecule has 0 radical (unpaired) electrons. The lowest BCUT2D eigenvalue weighted by Crippen LogP contribution is -2.57. The summed E-state index contributed by atoms with van der Waals surface area (Å²) in [6.07, 6.45) is 0.956. The number of nitrogens with one attached hydrogen (secondary N) is 1. The van der Waals surface area contributed by atoms with Gasteiger partial charge in [0.05, 0.1) is 13.5 Å². The second kappa shape index (κ2) is 7.63. The summed E-state index contributed by atoms with van der Waals surface area (Å²) in [6, 6.07) is 5.40. The van der Waals surface area contributed by atoms with Crippen LogP contribution >= 0.6 is 11.6 Å². The summed E-state index contributed by atoms with van der Waals surface area (Å²) in [4.78, 5) is 24.4. The Labute approximate surface area is 137 Å². The summed E-state index contributed by atoms with van der Waals surface area (Å²) in [5.41, 5.74) is 0.810. The number of hydrogen-bond donors (Lipinski definition) is 1. The minimum Gasteiger partial charge on any atom is -0.467 e. The van der Waals surface area contributed by atoms with Crippen molar-refractivity contribution in [2.45, 2.75) is 46.1 Å². The van der Waals surface area contributed by atoms with Crippen molar-refractivity contribution in [2.24, 2.45) is 5.92 Å². The first kappa shape index (κ1) is 18.5. The highest BCUT2D eigenvalue weighted by Crippen LogP contribution is 2.22. The van der Waals surface area contributed by atoms with Gasteiger partial charge in [-0.25, -0.2) is 4.79 Å². The van der Waals surface area contributed by atoms with Crippen LogP contribution in [0.5, 0.6) is 0 Å². The maximum Gasteiger partial charge on any atom is 0.331 e. The van der Waals surface area contributed by atoms with E-state index in [4.69, 9.17) is 16.3 Å². The number of amides is 1. The van der Waals surface area contributed by atoms with Crippen LogP contribution in [0.2, 0.25) is 5.02 Å². The molecule has 0 saturated heterocycles. The topological polar surface area (TPSA) is 55.4 Å². The third-order valence-electron chi connectivity index (χ3n) is 4.26. The Morgan fingerprint density at radius 2 is 2.05 bits per heavy atom. The van der Waals surface area contributed by atoms with Gasteiger partial charge < -0.3 is 10.1 Å². The highest BCUT2D eigenvalue weighted by atomic mass is 35.5. The normalized spacial score (nSPS) is 14.8. The van der Waals surface area contributed by atoms with Gasteiger partial charge in [-0.2, -0.15) is 0 Å². The molecule has 0 saturated carbocycles. The van der Waals surface area contributed by atoms with E-state index in [1.165, 1.54) is 7.11 Å². The van der Waals surface area contributed by atoms with Gasteiger partial charge in [0.25, 0.3) is 0 Å². The van der Waals surface area contributed by atoms with E-state index in [9.17, 15) is 9.59 Å². The Hall–Kier alpha value is -1.55. The van der Waals surface area contributed by atoms with Crippen molar-refractivity contribution >= 4 is 23.5 Å². The lowest BCUT2D eigenvalue weighted by Gasteiger charge is -2.33. The van der Waals surface area contributed by atoms with Crippen LogP contribution in [0.1, 0.15) is 38.3 Å². The Morgan fingerprint density at radius 3 is 2.55 bits per heavy atom. The number of esters is 1. The van der Waals surface area contributed by atoms with Gasteiger partial charge in [-0.05, 0) is 43.0 Å². The zero-order valence-corrected chi connectivity index (χ0v) is 14.6. The molecule has 4 nitrogen and oxygen atoms in total. The number of carbonyl (C=O) groups is 2. The van der Waals surface area contributed by atoms with Crippen molar-refractivity contribution in [1.29, 1.82) is 0 Å². The second-order valence-corrected chi connectivity index (χ2v) is 6.24. The van der Waals surface area contributed by atoms with Gasteiger partial charge in [0.15, 0.2) is 0 Å². The Kier molecular flexibility index (Phi) is 6.42. The number of methoxy groups -OCH3 is 1. The number of hydrogen-bond acceptors (Lipinski definition) is 3. The monoisotopic (exact) mass is 325 g/mol. The predicted molar refractivity (Wildman–Crippen MR) is 87.9 cm³/mol. The average molecular weight is 326 g/mol. The summed E-state index contributed by atoms with van der Waals surface area (Å²) in [5.74, 6) is -0.670. The van der Waals surface area contributed by atoms with Gasteiger partial charge >= 0.3 is 5.97 Å². The Morgan fingerprint density at radius 1 is 1.41 bits per heavy atom. The van der Waals surface area contributed by atoms with Crippen LogP contribution in [-0.4, -0.2) is 24.5 Å². The van der Waals surface area contributed by atoms with Crippen molar-refractivity contribution in [2.75, 3.05) is 7.11 Å². The van der Waals surface area contributed by atoms with Crippen molar-refractivity contribution in [1.82, 2.24) is 5.32 Å². The van der Waals surface area contributed by atoms with Crippen molar-refractivity contribution in [3.8, 4) is 0 Å². The maximum atomic E-state index is 12.4. The SMILES string of the molecule is CCC(C)C(C)(NC(=O)Cc1ccc(Cl)cc1C)C(=O)OC. The number of ether oxygens (including phenoxy) is 1. The zero-order valence-electron chi connectivity index (χ0n) is 13.8. The van der Waals surface area contributed by atoms with Gasteiger partial charge in [-0.15, -0.1) is 0 Å². The molecule has 0 bridgehead atoms. The molecule has 0 aromatic heterocycles. The second-order valence-electron chi connectivity index (χ2n) is 5.80. The van der Waals surface area contributed by atoms with E-state index < -0.39 is 11.5 Å². The summed E-state index contributed by atoms with van der Waals surface area (Å²) < 4.78 is 4.86. The highest BCUT2D eigenvalue weighted by Gasteiger charge is 2.40. The van der Waals surface area contributed by atoms with Crippen LogP contribution in [0.25, 0.3) is 0 Å². The fourth-order valence-electron chi connectivity index (χ4n) is 2.36. The smallest absolute Gasteiger partial charge is 0.331 e. The van der Waals surface area contributed by atoms with Crippen LogP contribution in [0.3, 0.4) is 0 Å². The molecule has 1 aromatic carbocycles. The first-order valence-electron chi connectivity index (χ1n) is 7.39. The van der Waals surface area contributed by atoms with Crippen LogP contribution in [-0.2, 0) is 20.7 Å². The van der Waals surface area contributed by atoms with Crippen LogP contribution in [0.4, 0.5) is 0 Å². The minimum atomic E-state index is -1.03. The molecular weight excluding hydrogens is 302 g/mol. The molecule has 5 heteroatoms. The summed E-state index contributed by atoms with van der Waals surface area (Å²) >= 11 is 5.92. The molecule has 0 aliphatic rings. The highest BCUT2D eigenvalue weighted by molar-refractivity contribution is 6.30. The molecular formula is C17H24ClNO3. The average Bonchev–Trinajstić information content (AvgIpc) is 2.48. The number of aryl methyl sites for hydroxylation is 1. The summed E-state index contributed by atoms with van der Waals surface area (Å²) in [6.45, 7) is 7.51.